The number of benzene rings is 1. The topological polar surface area (TPSA) is 0 Å². The first-order valence-corrected chi connectivity index (χ1v) is 5.53. The lowest BCUT2D eigenvalue weighted by Gasteiger charge is -2.13. The molecule has 0 aromatic heterocycles. The second-order valence-corrected chi connectivity index (χ2v) is 4.46. The van der Waals surface area contributed by atoms with Gasteiger partial charge < -0.3 is 0 Å². The fourth-order valence-electron chi connectivity index (χ4n) is 1.57. The van der Waals surface area contributed by atoms with Crippen molar-refractivity contribution in [2.45, 2.75) is 12.3 Å². The van der Waals surface area contributed by atoms with E-state index in [0.717, 1.165) is 6.42 Å². The molecule has 0 heterocycles. The molecule has 2 rings (SSSR count). The van der Waals surface area contributed by atoms with E-state index in [1.54, 1.807) is 0 Å². The lowest BCUT2D eigenvalue weighted by molar-refractivity contribution is 0.853. The van der Waals surface area contributed by atoms with Crippen LogP contribution in [-0.2, 0) is 0 Å². The minimum Gasteiger partial charge on any atom is -0.0836 e. The first-order chi connectivity index (χ1) is 6.36. The molecule has 1 atom stereocenters. The molecule has 0 fully saturated rings. The number of hydrogen-bond donors (Lipinski definition) is 0. The molecule has 1 heteroatoms. The van der Waals surface area contributed by atoms with Crippen molar-refractivity contribution in [3.8, 4) is 0 Å². The Morgan fingerprint density at radius 2 is 2.15 bits per heavy atom. The van der Waals surface area contributed by atoms with E-state index in [1.165, 1.54) is 9.13 Å². The van der Waals surface area contributed by atoms with Crippen LogP contribution in [0.3, 0.4) is 0 Å². The molecule has 66 valence electrons. The third kappa shape index (κ3) is 2.21. The molecule has 1 aromatic rings. The van der Waals surface area contributed by atoms with Gasteiger partial charge in [-0.2, -0.15) is 0 Å². The second kappa shape index (κ2) is 4.09. The van der Waals surface area contributed by atoms with Crippen LogP contribution in [0.5, 0.6) is 0 Å². The highest BCUT2D eigenvalue weighted by atomic mass is 127. The van der Waals surface area contributed by atoms with Crippen molar-refractivity contribution < 1.29 is 0 Å². The Hall–Kier alpha value is -0.570. The van der Waals surface area contributed by atoms with Gasteiger partial charge >= 0.3 is 0 Å². The van der Waals surface area contributed by atoms with Crippen LogP contribution in [0.1, 0.15) is 17.9 Å². The second-order valence-electron chi connectivity index (χ2n) is 3.21. The van der Waals surface area contributed by atoms with E-state index in [0.29, 0.717) is 5.92 Å². The maximum absolute atomic E-state index is 2.36. The third-order valence-corrected chi connectivity index (χ3v) is 2.93. The molecule has 0 spiro atoms. The van der Waals surface area contributed by atoms with Crippen molar-refractivity contribution in [1.82, 2.24) is 0 Å². The van der Waals surface area contributed by atoms with Crippen LogP contribution < -0.4 is 0 Å². The van der Waals surface area contributed by atoms with Gasteiger partial charge in [-0.1, -0.05) is 36.4 Å². The molecule has 0 aliphatic heterocycles. The quantitative estimate of drug-likeness (QED) is 0.685. The van der Waals surface area contributed by atoms with E-state index >= 15 is 0 Å². The minimum atomic E-state index is 0.583. The molecule has 1 unspecified atom stereocenters. The van der Waals surface area contributed by atoms with Crippen molar-refractivity contribution in [1.29, 1.82) is 0 Å². The molecule has 0 N–H and O–H groups in total. The van der Waals surface area contributed by atoms with Crippen molar-refractivity contribution in [3.63, 3.8) is 0 Å². The van der Waals surface area contributed by atoms with Crippen LogP contribution in [0, 0.1) is 3.57 Å². The zero-order valence-corrected chi connectivity index (χ0v) is 9.44. The van der Waals surface area contributed by atoms with Crippen molar-refractivity contribution in [2.24, 2.45) is 0 Å². The van der Waals surface area contributed by atoms with Crippen LogP contribution in [0.15, 0.2) is 48.6 Å². The highest BCUT2D eigenvalue weighted by Crippen LogP contribution is 2.25. The van der Waals surface area contributed by atoms with Crippen LogP contribution in [-0.4, -0.2) is 0 Å². The monoisotopic (exact) mass is 282 g/mol. The lowest BCUT2D eigenvalue weighted by Crippen LogP contribution is -1.95. The zero-order valence-electron chi connectivity index (χ0n) is 7.28. The maximum Gasteiger partial charge on any atom is 0.0133 e. The molecule has 0 bridgehead atoms. The molecule has 0 nitrogen and oxygen atoms in total. The average Bonchev–Trinajstić information content (AvgIpc) is 2.19. The summed E-state index contributed by atoms with van der Waals surface area (Å²) in [6.07, 6.45) is 9.88. The molecule has 13 heavy (non-hydrogen) atoms. The predicted molar refractivity (Wildman–Crippen MR) is 64.8 cm³/mol. The van der Waals surface area contributed by atoms with Gasteiger partial charge in [0.2, 0.25) is 0 Å². The Kier molecular flexibility index (Phi) is 2.83. The Morgan fingerprint density at radius 3 is 2.85 bits per heavy atom. The van der Waals surface area contributed by atoms with E-state index in [1.807, 2.05) is 0 Å². The van der Waals surface area contributed by atoms with Crippen LogP contribution in [0.25, 0.3) is 0 Å². The maximum atomic E-state index is 2.36. The lowest BCUT2D eigenvalue weighted by atomic mass is 9.93. The van der Waals surface area contributed by atoms with E-state index in [2.05, 4.69) is 71.2 Å². The average molecular weight is 282 g/mol. The first-order valence-electron chi connectivity index (χ1n) is 4.45. The van der Waals surface area contributed by atoms with Gasteiger partial charge in [0.15, 0.2) is 0 Å². The third-order valence-electron chi connectivity index (χ3n) is 2.26. The number of halogens is 1. The Bertz CT molecular complexity index is 350. The van der Waals surface area contributed by atoms with Crippen molar-refractivity contribution in [2.75, 3.05) is 0 Å². The summed E-state index contributed by atoms with van der Waals surface area (Å²) in [4.78, 5) is 0. The standard InChI is InChI=1S/C12H11I/c13-12-8-4-7-11(9-12)10-5-2-1-3-6-10/h1-5,7-10H,6H2. The molecule has 0 amide bonds. The molecule has 0 radical (unpaired) electrons. The van der Waals surface area contributed by atoms with E-state index in [4.69, 9.17) is 0 Å². The largest absolute Gasteiger partial charge is 0.0836 e. The van der Waals surface area contributed by atoms with Gasteiger partial charge in [-0.05, 0) is 46.7 Å². The molecule has 0 saturated carbocycles. The summed E-state index contributed by atoms with van der Waals surface area (Å²) >= 11 is 2.36. The zero-order chi connectivity index (χ0) is 9.10. The number of rotatable bonds is 1. The smallest absolute Gasteiger partial charge is 0.0133 e. The molecule has 1 aliphatic rings. The van der Waals surface area contributed by atoms with Gasteiger partial charge in [0, 0.05) is 9.49 Å². The van der Waals surface area contributed by atoms with Crippen LogP contribution in [0.2, 0.25) is 0 Å². The van der Waals surface area contributed by atoms with Crippen LogP contribution >= 0.6 is 22.6 Å². The fourth-order valence-corrected chi connectivity index (χ4v) is 2.13. The Labute approximate surface area is 92.5 Å². The van der Waals surface area contributed by atoms with E-state index < -0.39 is 0 Å². The summed E-state index contributed by atoms with van der Waals surface area (Å²) in [7, 11) is 0. The Morgan fingerprint density at radius 1 is 1.23 bits per heavy atom. The summed E-state index contributed by atoms with van der Waals surface area (Å²) in [5.41, 5.74) is 1.42. The van der Waals surface area contributed by atoms with E-state index in [-0.39, 0.29) is 0 Å². The summed E-state index contributed by atoms with van der Waals surface area (Å²) < 4.78 is 1.32. The van der Waals surface area contributed by atoms with Gasteiger partial charge in [-0.25, -0.2) is 0 Å². The van der Waals surface area contributed by atoms with Crippen LogP contribution in [0.4, 0.5) is 0 Å². The predicted octanol–water partition coefficient (Wildman–Crippen LogP) is 3.89. The fraction of sp³-hybridized carbons (Fsp3) is 0.167. The van der Waals surface area contributed by atoms with E-state index in [9.17, 15) is 0 Å². The highest BCUT2D eigenvalue weighted by molar-refractivity contribution is 14.1. The molecule has 0 saturated heterocycles. The van der Waals surface area contributed by atoms with Gasteiger partial charge in [-0.15, -0.1) is 0 Å². The molecule has 1 aromatic carbocycles. The first kappa shape index (κ1) is 9.00. The number of allylic oxidation sites excluding steroid dienone is 4. The SMILES string of the molecule is Ic1cccc(C2C=CC=CC2)c1. The Balaban J connectivity index is 2.25. The van der Waals surface area contributed by atoms with Gasteiger partial charge in [0.25, 0.3) is 0 Å². The molecular weight excluding hydrogens is 271 g/mol. The molecule has 1 aliphatic carbocycles. The number of hydrogen-bond acceptors (Lipinski definition) is 0. The van der Waals surface area contributed by atoms with Crippen molar-refractivity contribution >= 4 is 22.6 Å². The summed E-state index contributed by atoms with van der Waals surface area (Å²) in [6, 6.07) is 8.72. The summed E-state index contributed by atoms with van der Waals surface area (Å²) in [6.45, 7) is 0. The highest BCUT2D eigenvalue weighted by Gasteiger charge is 2.07. The minimum absolute atomic E-state index is 0.583. The normalized spacial score (nSPS) is 20.5. The molecular formula is C12H11I. The van der Waals surface area contributed by atoms with Gasteiger partial charge in [-0.3, -0.25) is 0 Å². The summed E-state index contributed by atoms with van der Waals surface area (Å²) in [5, 5.41) is 0. The van der Waals surface area contributed by atoms with Gasteiger partial charge in [0.1, 0.15) is 0 Å². The summed E-state index contributed by atoms with van der Waals surface area (Å²) in [5.74, 6) is 0.583. The van der Waals surface area contributed by atoms with Gasteiger partial charge in [0.05, 0.1) is 0 Å². The van der Waals surface area contributed by atoms with Crippen molar-refractivity contribution in [3.05, 3.63) is 57.7 Å².